The Morgan fingerprint density at radius 3 is 2.57 bits per heavy atom. The first kappa shape index (κ1) is 18.1. The first-order valence-corrected chi connectivity index (χ1v) is 9.19. The smallest absolute Gasteiger partial charge is 0.381 e. The van der Waals surface area contributed by atoms with Crippen molar-refractivity contribution in [2.24, 2.45) is 0 Å². The highest BCUT2D eigenvalue weighted by Gasteiger charge is 2.27. The van der Waals surface area contributed by atoms with Gasteiger partial charge in [-0.25, -0.2) is 4.68 Å². The summed E-state index contributed by atoms with van der Waals surface area (Å²) in [6.45, 7) is 5.00. The molecule has 9 heteroatoms. The zero-order valence-corrected chi connectivity index (χ0v) is 14.6. The van der Waals surface area contributed by atoms with Gasteiger partial charge < -0.3 is 9.26 Å². The molecule has 0 aliphatic carbocycles. The van der Waals surface area contributed by atoms with Crippen molar-refractivity contribution in [1.29, 1.82) is 0 Å². The Morgan fingerprint density at radius 1 is 1.43 bits per heavy atom. The standard InChI is InChI=1S/C12H21N2O5PS/c1-6-14-12(15)11(16-5)10(8-13-14)19-20(21,17-7-2)18-9(3)4/h8-9H,6-7H2,1-5H3. The minimum atomic E-state index is -3.02. The van der Waals surface area contributed by atoms with Crippen LogP contribution in [0.2, 0.25) is 0 Å². The second kappa shape index (κ2) is 7.89. The molecule has 0 radical (unpaired) electrons. The van der Waals surface area contributed by atoms with E-state index in [0.29, 0.717) is 13.2 Å². The third-order valence-corrected chi connectivity index (χ3v) is 4.78. The molecule has 0 saturated carbocycles. The van der Waals surface area contributed by atoms with E-state index in [-0.39, 0.29) is 23.2 Å². The predicted octanol–water partition coefficient (Wildman–Crippen LogP) is 2.34. The normalized spacial score (nSPS) is 14.0. The van der Waals surface area contributed by atoms with Gasteiger partial charge in [-0.15, -0.1) is 0 Å². The summed E-state index contributed by atoms with van der Waals surface area (Å²) in [7, 11) is 1.39. The molecule has 1 atom stereocenters. The van der Waals surface area contributed by atoms with Gasteiger partial charge in [0.1, 0.15) is 0 Å². The van der Waals surface area contributed by atoms with Crippen LogP contribution >= 0.6 is 6.72 Å². The van der Waals surface area contributed by atoms with Crippen LogP contribution in [0.5, 0.6) is 11.5 Å². The highest BCUT2D eigenvalue weighted by Crippen LogP contribution is 2.51. The minimum absolute atomic E-state index is 0.0353. The molecule has 0 aliphatic rings. The van der Waals surface area contributed by atoms with Crippen LogP contribution in [0.4, 0.5) is 0 Å². The van der Waals surface area contributed by atoms with Gasteiger partial charge >= 0.3 is 12.3 Å². The molecule has 0 saturated heterocycles. The molecule has 1 unspecified atom stereocenters. The third kappa shape index (κ3) is 4.78. The number of methoxy groups -OCH3 is 1. The van der Waals surface area contributed by atoms with E-state index in [1.165, 1.54) is 18.0 Å². The predicted molar refractivity (Wildman–Crippen MR) is 83.5 cm³/mol. The van der Waals surface area contributed by atoms with E-state index in [1.807, 2.05) is 13.8 Å². The average Bonchev–Trinajstić information content (AvgIpc) is 2.38. The summed E-state index contributed by atoms with van der Waals surface area (Å²) in [5.74, 6) is 0.165. The van der Waals surface area contributed by atoms with Crippen LogP contribution in [-0.4, -0.2) is 29.6 Å². The van der Waals surface area contributed by atoms with E-state index in [1.54, 1.807) is 13.8 Å². The second-order valence-electron chi connectivity index (χ2n) is 4.27. The molecule has 120 valence electrons. The number of rotatable bonds is 8. The monoisotopic (exact) mass is 336 g/mol. The van der Waals surface area contributed by atoms with Crippen LogP contribution in [0.25, 0.3) is 0 Å². The Morgan fingerprint density at radius 2 is 2.10 bits per heavy atom. The highest BCUT2D eigenvalue weighted by molar-refractivity contribution is 8.07. The van der Waals surface area contributed by atoms with Gasteiger partial charge in [0.15, 0.2) is 5.75 Å². The van der Waals surface area contributed by atoms with Crippen molar-refractivity contribution in [3.63, 3.8) is 0 Å². The van der Waals surface area contributed by atoms with Crippen LogP contribution in [-0.2, 0) is 27.4 Å². The van der Waals surface area contributed by atoms with Gasteiger partial charge in [-0.05, 0) is 27.7 Å². The molecule has 0 amide bonds. The molecule has 7 nitrogen and oxygen atoms in total. The van der Waals surface area contributed by atoms with Crippen molar-refractivity contribution in [3.8, 4) is 11.5 Å². The van der Waals surface area contributed by atoms with Gasteiger partial charge in [-0.1, -0.05) is 0 Å². The zero-order chi connectivity index (χ0) is 16.0. The lowest BCUT2D eigenvalue weighted by atomic mass is 10.4. The van der Waals surface area contributed by atoms with E-state index in [4.69, 9.17) is 30.1 Å². The fourth-order valence-electron chi connectivity index (χ4n) is 1.55. The molecule has 0 N–H and O–H groups in total. The Bertz CT molecular complexity index is 575. The van der Waals surface area contributed by atoms with Gasteiger partial charge in [-0.2, -0.15) is 5.10 Å². The van der Waals surface area contributed by atoms with Crippen LogP contribution in [0, 0.1) is 0 Å². The Labute approximate surface area is 129 Å². The number of aromatic nitrogens is 2. The fraction of sp³-hybridized carbons (Fsp3) is 0.667. The van der Waals surface area contributed by atoms with E-state index < -0.39 is 6.72 Å². The van der Waals surface area contributed by atoms with Crippen molar-refractivity contribution in [1.82, 2.24) is 9.78 Å². The minimum Gasteiger partial charge on any atom is -0.488 e. The van der Waals surface area contributed by atoms with E-state index in [0.717, 1.165) is 0 Å². The molecule has 0 spiro atoms. The Kier molecular flexibility index (Phi) is 6.80. The SMILES string of the molecule is CCOP(=S)(Oc1cnn(CC)c(=O)c1OC)OC(C)C. The molecule has 0 aliphatic heterocycles. The first-order chi connectivity index (χ1) is 9.86. The molecule has 0 fully saturated rings. The van der Waals surface area contributed by atoms with Gasteiger partial charge in [0.25, 0.3) is 0 Å². The Hall–Kier alpha value is -0.950. The van der Waals surface area contributed by atoms with Crippen molar-refractivity contribution in [3.05, 3.63) is 16.6 Å². The van der Waals surface area contributed by atoms with Crippen LogP contribution in [0.3, 0.4) is 0 Å². The van der Waals surface area contributed by atoms with Crippen LogP contribution in [0.1, 0.15) is 27.7 Å². The van der Waals surface area contributed by atoms with E-state index in [2.05, 4.69) is 5.10 Å². The summed E-state index contributed by atoms with van der Waals surface area (Å²) < 4.78 is 23.0. The van der Waals surface area contributed by atoms with Crippen molar-refractivity contribution < 1.29 is 18.3 Å². The number of ether oxygens (including phenoxy) is 1. The summed E-state index contributed by atoms with van der Waals surface area (Å²) in [5.41, 5.74) is -0.389. The van der Waals surface area contributed by atoms with Crippen molar-refractivity contribution >= 4 is 18.5 Å². The first-order valence-electron chi connectivity index (χ1n) is 6.63. The largest absolute Gasteiger partial charge is 0.488 e. The molecular weight excluding hydrogens is 315 g/mol. The lowest BCUT2D eigenvalue weighted by Crippen LogP contribution is -2.23. The highest BCUT2D eigenvalue weighted by atomic mass is 32.5. The summed E-state index contributed by atoms with van der Waals surface area (Å²) in [4.78, 5) is 12.1. The van der Waals surface area contributed by atoms with Crippen molar-refractivity contribution in [2.75, 3.05) is 13.7 Å². The maximum atomic E-state index is 12.1. The maximum absolute atomic E-state index is 12.1. The zero-order valence-electron chi connectivity index (χ0n) is 12.9. The molecule has 0 bridgehead atoms. The number of nitrogens with zero attached hydrogens (tertiary/aromatic N) is 2. The molecule has 1 rings (SSSR count). The summed E-state index contributed by atoms with van der Waals surface area (Å²) >= 11 is 5.32. The van der Waals surface area contributed by atoms with E-state index >= 15 is 0 Å². The van der Waals surface area contributed by atoms with Crippen LogP contribution < -0.4 is 14.8 Å². The van der Waals surface area contributed by atoms with E-state index in [9.17, 15) is 4.79 Å². The summed E-state index contributed by atoms with van der Waals surface area (Å²) in [6.07, 6.45) is 1.21. The maximum Gasteiger partial charge on any atom is 0.381 e. The quantitative estimate of drug-likeness (QED) is 0.675. The molecule has 1 aromatic rings. The number of hydrogen-bond acceptors (Lipinski definition) is 7. The number of aryl methyl sites for hydroxylation is 1. The molecule has 1 heterocycles. The lowest BCUT2D eigenvalue weighted by molar-refractivity contribution is 0.169. The van der Waals surface area contributed by atoms with Gasteiger partial charge in [0.2, 0.25) is 5.75 Å². The average molecular weight is 336 g/mol. The van der Waals surface area contributed by atoms with Crippen molar-refractivity contribution in [2.45, 2.75) is 40.3 Å². The van der Waals surface area contributed by atoms with Gasteiger partial charge in [-0.3, -0.25) is 13.8 Å². The van der Waals surface area contributed by atoms with Gasteiger partial charge in [0, 0.05) is 18.4 Å². The second-order valence-corrected chi connectivity index (χ2v) is 7.16. The lowest BCUT2D eigenvalue weighted by Gasteiger charge is -2.24. The topological polar surface area (TPSA) is 71.8 Å². The molecule has 0 aromatic carbocycles. The van der Waals surface area contributed by atoms with Crippen LogP contribution in [0.15, 0.2) is 11.0 Å². The molecule has 21 heavy (non-hydrogen) atoms. The molecule has 1 aromatic heterocycles. The third-order valence-electron chi connectivity index (χ3n) is 2.31. The van der Waals surface area contributed by atoms with Gasteiger partial charge in [0.05, 0.1) is 26.0 Å². The summed E-state index contributed by atoms with van der Waals surface area (Å²) in [6, 6.07) is 0. The molecular formula is C12H21N2O5PS. The fourth-order valence-corrected chi connectivity index (χ4v) is 3.98. The Balaban J connectivity index is 3.18. The number of hydrogen-bond donors (Lipinski definition) is 0. The summed E-state index contributed by atoms with van der Waals surface area (Å²) in [5, 5.41) is 3.99.